The van der Waals surface area contributed by atoms with Crippen LogP contribution in [0.5, 0.6) is 0 Å². The van der Waals surface area contributed by atoms with Crippen LogP contribution in [0.1, 0.15) is 53.0 Å². The molecule has 0 aromatic heterocycles. The van der Waals surface area contributed by atoms with Crippen molar-refractivity contribution in [2.75, 3.05) is 11.1 Å². The summed E-state index contributed by atoms with van der Waals surface area (Å²) in [5.41, 5.74) is 3.94. The van der Waals surface area contributed by atoms with E-state index in [1.165, 1.54) is 0 Å². The summed E-state index contributed by atoms with van der Waals surface area (Å²) in [7, 11) is 0. The highest BCUT2D eigenvalue weighted by Crippen LogP contribution is 2.36. The van der Waals surface area contributed by atoms with Gasteiger partial charge in [-0.3, -0.25) is 4.79 Å². The number of carbonyl (C=O) groups excluding carboxylic acids is 1. The Morgan fingerprint density at radius 1 is 1.21 bits per heavy atom. The fourth-order valence-electron chi connectivity index (χ4n) is 2.32. The summed E-state index contributed by atoms with van der Waals surface area (Å²) in [6.45, 7) is 16.1. The summed E-state index contributed by atoms with van der Waals surface area (Å²) >= 11 is 1.55. The lowest BCUT2D eigenvalue weighted by Crippen LogP contribution is -2.11. The number of hydrogen-bond acceptors (Lipinski definition) is 4. The first-order chi connectivity index (χ1) is 13.0. The molecule has 0 unspecified atom stereocenters. The summed E-state index contributed by atoms with van der Waals surface area (Å²) in [4.78, 5) is 24.4. The van der Waals surface area contributed by atoms with Crippen molar-refractivity contribution in [2.45, 2.75) is 54.4 Å². The molecule has 28 heavy (non-hydrogen) atoms. The van der Waals surface area contributed by atoms with Gasteiger partial charge < -0.3 is 5.32 Å². The molecule has 1 aromatic carbocycles. The summed E-state index contributed by atoms with van der Waals surface area (Å²) < 4.78 is 0. The Balaban J connectivity index is 2.71. The van der Waals surface area contributed by atoms with E-state index < -0.39 is 0 Å². The summed E-state index contributed by atoms with van der Waals surface area (Å²) in [5, 5.41) is 6.18. The normalized spacial score (nSPS) is 12.1. The summed E-state index contributed by atoms with van der Waals surface area (Å²) in [6, 6.07) is 7.74. The van der Waals surface area contributed by atoms with E-state index in [4.69, 9.17) is 0 Å². The third kappa shape index (κ3) is 8.26. The second-order valence-electron chi connectivity index (χ2n) is 8.12. The van der Waals surface area contributed by atoms with Crippen molar-refractivity contribution in [3.05, 3.63) is 69.1 Å². The zero-order valence-corrected chi connectivity index (χ0v) is 18.7. The van der Waals surface area contributed by atoms with Gasteiger partial charge in [-0.25, -0.2) is 0 Å². The highest BCUT2D eigenvalue weighted by molar-refractivity contribution is 8.03. The van der Waals surface area contributed by atoms with Crippen molar-refractivity contribution in [3.8, 4) is 0 Å². The molecule has 0 fully saturated rings. The van der Waals surface area contributed by atoms with Gasteiger partial charge in [0.2, 0.25) is 5.91 Å². The molecule has 0 heterocycles. The number of thioether (sulfide) groups is 1. The molecule has 5 heteroatoms. The second kappa shape index (κ2) is 11.0. The van der Waals surface area contributed by atoms with E-state index in [2.05, 4.69) is 17.1 Å². The molecule has 1 rings (SSSR count). The number of nitrogens with zero attached hydrogens (tertiary/aromatic N) is 1. The Kier molecular flexibility index (Phi) is 9.39. The minimum atomic E-state index is -0.238. The molecule has 1 N–H and O–H groups in total. The van der Waals surface area contributed by atoms with E-state index in [1.54, 1.807) is 11.8 Å². The van der Waals surface area contributed by atoms with Crippen LogP contribution in [-0.2, 0) is 4.79 Å². The number of allylic oxidation sites excluding steroid dienone is 3. The number of nitroso groups, excluding NO2 is 1. The highest BCUT2D eigenvalue weighted by Gasteiger charge is 2.22. The number of carbonyl (C=O) groups is 1. The first kappa shape index (κ1) is 23.9. The topological polar surface area (TPSA) is 58.5 Å². The van der Waals surface area contributed by atoms with E-state index in [9.17, 15) is 9.70 Å². The van der Waals surface area contributed by atoms with Crippen LogP contribution in [0.4, 0.5) is 5.69 Å². The average Bonchev–Trinajstić information content (AvgIpc) is 2.59. The van der Waals surface area contributed by atoms with Gasteiger partial charge in [-0.05, 0) is 67.3 Å². The van der Waals surface area contributed by atoms with E-state index in [0.29, 0.717) is 18.5 Å². The predicted molar refractivity (Wildman–Crippen MR) is 122 cm³/mol. The fourth-order valence-corrected chi connectivity index (χ4v) is 3.44. The van der Waals surface area contributed by atoms with Crippen LogP contribution < -0.4 is 5.32 Å². The van der Waals surface area contributed by atoms with Crippen molar-refractivity contribution in [1.29, 1.82) is 0 Å². The van der Waals surface area contributed by atoms with Crippen molar-refractivity contribution < 1.29 is 4.79 Å². The van der Waals surface area contributed by atoms with Crippen LogP contribution in [0.15, 0.2) is 63.8 Å². The fraction of sp³-hybridized carbons (Fsp3) is 0.435. The maximum absolute atomic E-state index is 12.1. The Morgan fingerprint density at radius 2 is 1.82 bits per heavy atom. The molecule has 0 spiro atoms. The Labute approximate surface area is 173 Å². The van der Waals surface area contributed by atoms with Crippen molar-refractivity contribution in [1.82, 2.24) is 0 Å². The quantitative estimate of drug-likeness (QED) is 0.276. The van der Waals surface area contributed by atoms with Gasteiger partial charge >= 0.3 is 0 Å². The zero-order valence-electron chi connectivity index (χ0n) is 17.9. The van der Waals surface area contributed by atoms with E-state index in [1.807, 2.05) is 71.9 Å². The third-order valence-corrected chi connectivity index (χ3v) is 5.19. The lowest BCUT2D eigenvalue weighted by Gasteiger charge is -2.22. The number of aryl methyl sites for hydroxylation is 1. The number of amides is 1. The first-order valence-corrected chi connectivity index (χ1v) is 10.4. The van der Waals surface area contributed by atoms with E-state index in [0.717, 1.165) is 33.1 Å². The largest absolute Gasteiger partial charge is 0.326 e. The highest BCUT2D eigenvalue weighted by atomic mass is 32.2. The van der Waals surface area contributed by atoms with Gasteiger partial charge in [0.1, 0.15) is 5.70 Å². The van der Waals surface area contributed by atoms with Crippen LogP contribution in [0, 0.1) is 17.2 Å². The van der Waals surface area contributed by atoms with E-state index in [-0.39, 0.29) is 11.3 Å². The number of rotatable bonds is 9. The molecule has 152 valence electrons. The van der Waals surface area contributed by atoms with Crippen LogP contribution in [-0.4, -0.2) is 11.7 Å². The monoisotopic (exact) mass is 400 g/mol. The Bertz CT molecular complexity index is 765. The molecule has 0 atom stereocenters. The molecule has 1 aromatic rings. The number of hydrogen-bond donors (Lipinski definition) is 1. The number of nitrogens with one attached hydrogen (secondary N) is 1. The molecule has 0 saturated heterocycles. The summed E-state index contributed by atoms with van der Waals surface area (Å²) in [6.07, 6.45) is 3.09. The lowest BCUT2D eigenvalue weighted by molar-refractivity contribution is -0.116. The van der Waals surface area contributed by atoms with Gasteiger partial charge in [0, 0.05) is 17.0 Å². The molecule has 0 aliphatic carbocycles. The molecule has 0 bridgehead atoms. The first-order valence-electron chi connectivity index (χ1n) is 9.46. The zero-order chi connectivity index (χ0) is 21.3. The van der Waals surface area contributed by atoms with Crippen LogP contribution in [0.2, 0.25) is 0 Å². The van der Waals surface area contributed by atoms with Gasteiger partial charge in [-0.15, -0.1) is 16.7 Å². The molecule has 1 amide bonds. The molecule has 0 aliphatic rings. The molecule has 0 radical (unpaired) electrons. The number of benzene rings is 1. The van der Waals surface area contributed by atoms with Crippen molar-refractivity contribution in [3.63, 3.8) is 0 Å². The molecular weight excluding hydrogens is 368 g/mol. The standard InChI is InChI=1S/C23H32N2O2S/c1-16(2)15-20(22(25-27)18(4)23(5,6)7)28-14-8-9-21(26)24-19-12-10-17(3)11-13-19/h10-13,15H,4,8-9,14H2,1-3,5-7H3,(H,24,26)/b22-20-. The Morgan fingerprint density at radius 3 is 2.32 bits per heavy atom. The van der Waals surface area contributed by atoms with Gasteiger partial charge in [-0.2, -0.15) is 0 Å². The van der Waals surface area contributed by atoms with Crippen molar-refractivity contribution >= 4 is 23.4 Å². The maximum Gasteiger partial charge on any atom is 0.224 e. The van der Waals surface area contributed by atoms with Gasteiger partial charge in [0.15, 0.2) is 0 Å². The minimum Gasteiger partial charge on any atom is -0.326 e. The second-order valence-corrected chi connectivity index (χ2v) is 9.26. The smallest absolute Gasteiger partial charge is 0.224 e. The average molecular weight is 401 g/mol. The Hall–Kier alpha value is -2.14. The van der Waals surface area contributed by atoms with Crippen molar-refractivity contribution in [2.24, 2.45) is 10.6 Å². The van der Waals surface area contributed by atoms with Gasteiger partial charge in [0.25, 0.3) is 0 Å². The SMILES string of the molecule is C=C(/C(N=O)=C(\C=C(C)C)SCCCC(=O)Nc1ccc(C)cc1)C(C)(C)C. The lowest BCUT2D eigenvalue weighted by atomic mass is 9.85. The van der Waals surface area contributed by atoms with Gasteiger partial charge in [0.05, 0.1) is 0 Å². The van der Waals surface area contributed by atoms with Crippen LogP contribution in [0.3, 0.4) is 0 Å². The third-order valence-electron chi connectivity index (χ3n) is 4.08. The molecular formula is C23H32N2O2S. The molecule has 0 saturated carbocycles. The summed E-state index contributed by atoms with van der Waals surface area (Å²) in [5.74, 6) is 0.710. The molecule has 4 nitrogen and oxygen atoms in total. The number of anilines is 1. The van der Waals surface area contributed by atoms with E-state index >= 15 is 0 Å². The minimum absolute atomic E-state index is 0.00923. The van der Waals surface area contributed by atoms with Crippen LogP contribution in [0.25, 0.3) is 0 Å². The van der Waals surface area contributed by atoms with Gasteiger partial charge in [-0.1, -0.05) is 50.6 Å². The maximum atomic E-state index is 12.1. The predicted octanol–water partition coefficient (Wildman–Crippen LogP) is 6.99. The van der Waals surface area contributed by atoms with Crippen LogP contribution >= 0.6 is 11.8 Å². The molecule has 0 aliphatic heterocycles.